The van der Waals surface area contributed by atoms with Gasteiger partial charge < -0.3 is 15.2 Å². The van der Waals surface area contributed by atoms with Crippen molar-refractivity contribution in [3.63, 3.8) is 0 Å². The first-order valence-electron chi connectivity index (χ1n) is 9.41. The lowest BCUT2D eigenvalue weighted by atomic mass is 10.1. The topological polar surface area (TPSA) is 112 Å². The second kappa shape index (κ2) is 6.82. The van der Waals surface area contributed by atoms with Crippen molar-refractivity contribution in [1.82, 2.24) is 38.6 Å². The van der Waals surface area contributed by atoms with Crippen LogP contribution in [0.1, 0.15) is 24.7 Å². The number of imidazole rings is 1. The fourth-order valence-electron chi connectivity index (χ4n) is 3.99. The molecule has 1 aliphatic heterocycles. The molecule has 0 saturated carbocycles. The first-order valence-corrected chi connectivity index (χ1v) is 9.79. The summed E-state index contributed by atoms with van der Waals surface area (Å²) in [6.07, 6.45) is 6.50. The van der Waals surface area contributed by atoms with Crippen LogP contribution in [0.5, 0.6) is 0 Å². The SMILES string of the molecule is CN1CCC(n2c(Cn3cnc4c(N)ncnc43)nn3ccc(Cl)c3c2=O)CC1. The molecule has 0 aliphatic carbocycles. The number of anilines is 1. The highest BCUT2D eigenvalue weighted by Crippen LogP contribution is 2.24. The van der Waals surface area contributed by atoms with Crippen molar-refractivity contribution < 1.29 is 0 Å². The Kier molecular flexibility index (Phi) is 4.25. The van der Waals surface area contributed by atoms with Gasteiger partial charge in [-0.1, -0.05) is 11.6 Å². The van der Waals surface area contributed by atoms with E-state index in [0.717, 1.165) is 25.9 Å². The molecule has 0 atom stereocenters. The van der Waals surface area contributed by atoms with E-state index < -0.39 is 0 Å². The maximum absolute atomic E-state index is 13.4. The molecule has 1 fully saturated rings. The molecule has 1 saturated heterocycles. The molecule has 0 unspecified atom stereocenters. The number of nitrogens with zero attached hydrogens (tertiary/aromatic N) is 8. The molecule has 29 heavy (non-hydrogen) atoms. The molecule has 0 radical (unpaired) electrons. The Morgan fingerprint density at radius 1 is 1.24 bits per heavy atom. The zero-order valence-corrected chi connectivity index (χ0v) is 16.6. The van der Waals surface area contributed by atoms with Crippen molar-refractivity contribution in [2.24, 2.45) is 0 Å². The summed E-state index contributed by atoms with van der Waals surface area (Å²) in [5.41, 5.74) is 7.31. The number of hydrogen-bond acceptors (Lipinski definition) is 7. The number of piperidine rings is 1. The van der Waals surface area contributed by atoms with Crippen LogP contribution in [0, 0.1) is 0 Å². The lowest BCUT2D eigenvalue weighted by molar-refractivity contribution is 0.214. The summed E-state index contributed by atoms with van der Waals surface area (Å²) in [6.45, 7) is 2.18. The molecule has 10 nitrogen and oxygen atoms in total. The maximum Gasteiger partial charge on any atom is 0.279 e. The average Bonchev–Trinajstić information content (AvgIpc) is 3.28. The molecule has 0 spiro atoms. The van der Waals surface area contributed by atoms with Gasteiger partial charge in [0.2, 0.25) is 0 Å². The number of rotatable bonds is 3. The molecule has 5 rings (SSSR count). The fourth-order valence-corrected chi connectivity index (χ4v) is 4.21. The van der Waals surface area contributed by atoms with Crippen molar-refractivity contribution in [3.8, 4) is 0 Å². The second-order valence-corrected chi connectivity index (χ2v) is 7.79. The smallest absolute Gasteiger partial charge is 0.279 e. The molecule has 1 aliphatic rings. The summed E-state index contributed by atoms with van der Waals surface area (Å²) in [6, 6.07) is 1.75. The van der Waals surface area contributed by atoms with Crippen LogP contribution in [0.25, 0.3) is 16.7 Å². The predicted octanol–water partition coefficient (Wildman–Crippen LogP) is 1.19. The number of aromatic nitrogens is 7. The van der Waals surface area contributed by atoms with E-state index >= 15 is 0 Å². The Morgan fingerprint density at radius 3 is 2.83 bits per heavy atom. The Hall–Kier alpha value is -2.98. The maximum atomic E-state index is 13.4. The molecule has 0 amide bonds. The lowest BCUT2D eigenvalue weighted by Crippen LogP contribution is -2.38. The van der Waals surface area contributed by atoms with E-state index in [9.17, 15) is 4.79 Å². The number of nitrogens with two attached hydrogens (primary N) is 1. The third kappa shape index (κ3) is 2.95. The minimum atomic E-state index is -0.127. The van der Waals surface area contributed by atoms with Crippen LogP contribution in [0.4, 0.5) is 5.82 Å². The van der Waals surface area contributed by atoms with Crippen molar-refractivity contribution in [3.05, 3.63) is 46.1 Å². The second-order valence-electron chi connectivity index (χ2n) is 7.39. The van der Waals surface area contributed by atoms with Gasteiger partial charge in [0.15, 0.2) is 17.3 Å². The van der Waals surface area contributed by atoms with Crippen molar-refractivity contribution in [2.75, 3.05) is 25.9 Å². The van der Waals surface area contributed by atoms with Crippen LogP contribution in [0.15, 0.2) is 29.7 Å². The molecule has 4 aromatic heterocycles. The summed E-state index contributed by atoms with van der Waals surface area (Å²) in [5.74, 6) is 0.947. The normalized spacial score (nSPS) is 16.2. The first-order chi connectivity index (χ1) is 14.0. The monoisotopic (exact) mass is 413 g/mol. The van der Waals surface area contributed by atoms with E-state index in [0.29, 0.717) is 39.9 Å². The minimum Gasteiger partial charge on any atom is -0.382 e. The number of likely N-dealkylation sites (tertiary alicyclic amines) is 1. The molecule has 5 heterocycles. The van der Waals surface area contributed by atoms with Gasteiger partial charge in [-0.3, -0.25) is 9.36 Å². The standard InChI is InChI=1S/C18H20ClN9O/c1-25-5-2-11(3-6-25)28-13(24-27-7-4-12(19)15(27)18(28)29)8-26-10-23-14-16(20)21-9-22-17(14)26/h4,7,9-11H,2-3,5-6,8H2,1H3,(H2,20,21,22). The van der Waals surface area contributed by atoms with Crippen LogP contribution in [-0.2, 0) is 6.54 Å². The largest absolute Gasteiger partial charge is 0.382 e. The zero-order valence-electron chi connectivity index (χ0n) is 15.9. The highest BCUT2D eigenvalue weighted by Gasteiger charge is 2.25. The highest BCUT2D eigenvalue weighted by molar-refractivity contribution is 6.33. The van der Waals surface area contributed by atoms with E-state index in [-0.39, 0.29) is 11.6 Å². The van der Waals surface area contributed by atoms with Gasteiger partial charge in [-0.05, 0) is 39.0 Å². The molecule has 4 aromatic rings. The molecular weight excluding hydrogens is 394 g/mol. The van der Waals surface area contributed by atoms with Crippen LogP contribution >= 0.6 is 11.6 Å². The third-order valence-electron chi connectivity index (χ3n) is 5.53. The van der Waals surface area contributed by atoms with Gasteiger partial charge in [0.25, 0.3) is 5.56 Å². The van der Waals surface area contributed by atoms with Gasteiger partial charge in [-0.15, -0.1) is 0 Å². The Labute approximate surface area is 170 Å². The number of hydrogen-bond donors (Lipinski definition) is 1. The van der Waals surface area contributed by atoms with E-state index in [4.69, 9.17) is 22.4 Å². The summed E-state index contributed by atoms with van der Waals surface area (Å²) < 4.78 is 5.18. The Morgan fingerprint density at radius 2 is 2.03 bits per heavy atom. The van der Waals surface area contributed by atoms with Gasteiger partial charge in [0.05, 0.1) is 17.9 Å². The van der Waals surface area contributed by atoms with Gasteiger partial charge in [-0.2, -0.15) is 5.10 Å². The van der Waals surface area contributed by atoms with Crippen molar-refractivity contribution in [2.45, 2.75) is 25.4 Å². The van der Waals surface area contributed by atoms with Crippen LogP contribution in [-0.4, -0.2) is 58.7 Å². The average molecular weight is 414 g/mol. The van der Waals surface area contributed by atoms with E-state index in [1.807, 2.05) is 4.57 Å². The number of nitrogen functional groups attached to an aromatic ring is 1. The lowest BCUT2D eigenvalue weighted by Gasteiger charge is -2.31. The summed E-state index contributed by atoms with van der Waals surface area (Å²) in [5, 5.41) is 5.12. The van der Waals surface area contributed by atoms with Gasteiger partial charge >= 0.3 is 0 Å². The highest BCUT2D eigenvalue weighted by atomic mass is 35.5. The summed E-state index contributed by atoms with van der Waals surface area (Å²) in [7, 11) is 2.09. The third-order valence-corrected chi connectivity index (χ3v) is 5.84. The Bertz CT molecular complexity index is 1270. The van der Waals surface area contributed by atoms with E-state index in [1.54, 1.807) is 27.7 Å². The molecule has 0 bridgehead atoms. The Balaban J connectivity index is 1.66. The van der Waals surface area contributed by atoms with Gasteiger partial charge in [0, 0.05) is 12.2 Å². The minimum absolute atomic E-state index is 0.0617. The number of halogens is 1. The van der Waals surface area contributed by atoms with E-state index in [2.05, 4.69) is 26.9 Å². The summed E-state index contributed by atoms with van der Waals surface area (Å²) >= 11 is 6.27. The molecule has 150 valence electrons. The predicted molar refractivity (Wildman–Crippen MR) is 109 cm³/mol. The zero-order chi connectivity index (χ0) is 20.1. The summed E-state index contributed by atoms with van der Waals surface area (Å²) in [4.78, 5) is 28.3. The van der Waals surface area contributed by atoms with Crippen molar-refractivity contribution in [1.29, 1.82) is 0 Å². The first kappa shape index (κ1) is 18.1. The van der Waals surface area contributed by atoms with Gasteiger partial charge in [-0.25, -0.2) is 19.5 Å². The van der Waals surface area contributed by atoms with Crippen molar-refractivity contribution >= 4 is 34.1 Å². The van der Waals surface area contributed by atoms with E-state index in [1.165, 1.54) is 6.33 Å². The quantitative estimate of drug-likeness (QED) is 0.536. The fraction of sp³-hybridized carbons (Fsp3) is 0.389. The van der Waals surface area contributed by atoms with Crippen LogP contribution < -0.4 is 11.3 Å². The molecular formula is C18H20ClN9O. The molecule has 11 heteroatoms. The van der Waals surface area contributed by atoms with Crippen LogP contribution in [0.2, 0.25) is 5.02 Å². The molecule has 0 aromatic carbocycles. The van der Waals surface area contributed by atoms with Crippen LogP contribution in [0.3, 0.4) is 0 Å². The number of fused-ring (bicyclic) bond motifs is 2. The molecule has 2 N–H and O–H groups in total. The van der Waals surface area contributed by atoms with Gasteiger partial charge in [0.1, 0.15) is 17.4 Å².